The summed E-state index contributed by atoms with van der Waals surface area (Å²) in [4.78, 5) is 19.4. The molecule has 2 aliphatic rings. The molecule has 0 N–H and O–H groups in total. The molecule has 1 aromatic carbocycles. The van der Waals surface area contributed by atoms with Crippen LogP contribution in [-0.4, -0.2) is 47.2 Å². The van der Waals surface area contributed by atoms with Gasteiger partial charge in [-0.2, -0.15) is 0 Å². The number of hydrogen-bond acceptors (Lipinski definition) is 5. The topological polar surface area (TPSA) is 64.8 Å². The molecule has 1 aliphatic heterocycles. The van der Waals surface area contributed by atoms with E-state index in [2.05, 4.69) is 4.98 Å². The number of nitrogens with zero attached hydrogens (tertiary/aromatic N) is 2. The molecule has 2 heterocycles. The van der Waals surface area contributed by atoms with E-state index in [9.17, 15) is 4.79 Å². The van der Waals surface area contributed by atoms with Crippen molar-refractivity contribution in [1.29, 1.82) is 0 Å². The van der Waals surface area contributed by atoms with E-state index in [1.807, 2.05) is 44.2 Å². The molecule has 1 unspecified atom stereocenters. The summed E-state index contributed by atoms with van der Waals surface area (Å²) in [5.74, 6) is 1.76. The number of oxazole rings is 1. The third-order valence-corrected chi connectivity index (χ3v) is 5.39. The molecule has 4 rings (SSSR count). The zero-order valence-electron chi connectivity index (χ0n) is 16.6. The number of benzene rings is 1. The van der Waals surface area contributed by atoms with Crippen LogP contribution in [0.15, 0.2) is 41.0 Å². The predicted molar refractivity (Wildman–Crippen MR) is 105 cm³/mol. The monoisotopic (exact) mass is 384 g/mol. The molecule has 1 aromatic heterocycles. The highest BCUT2D eigenvalue weighted by molar-refractivity contribution is 5.92. The van der Waals surface area contributed by atoms with Crippen molar-refractivity contribution in [1.82, 2.24) is 9.88 Å². The molecule has 28 heavy (non-hydrogen) atoms. The second-order valence-corrected chi connectivity index (χ2v) is 8.36. The molecule has 1 saturated heterocycles. The summed E-state index contributed by atoms with van der Waals surface area (Å²) in [6, 6.07) is 9.64. The Morgan fingerprint density at radius 1 is 1.25 bits per heavy atom. The maximum Gasteiger partial charge on any atom is 0.276 e. The van der Waals surface area contributed by atoms with Crippen LogP contribution in [0.1, 0.15) is 61.8 Å². The van der Waals surface area contributed by atoms with Gasteiger partial charge in [-0.15, -0.1) is 0 Å². The summed E-state index contributed by atoms with van der Waals surface area (Å²) in [6.45, 7) is 5.37. The van der Waals surface area contributed by atoms with Gasteiger partial charge < -0.3 is 18.8 Å². The lowest BCUT2D eigenvalue weighted by atomic mass is 10.0. The van der Waals surface area contributed by atoms with E-state index in [4.69, 9.17) is 13.9 Å². The first-order valence-corrected chi connectivity index (χ1v) is 10.1. The Morgan fingerprint density at radius 2 is 2.00 bits per heavy atom. The maximum atomic E-state index is 13.0. The van der Waals surface area contributed by atoms with Crippen LogP contribution in [0.3, 0.4) is 0 Å². The highest BCUT2D eigenvalue weighted by Gasteiger charge is 2.37. The lowest BCUT2D eigenvalue weighted by Crippen LogP contribution is -2.56. The molecule has 1 amide bonds. The summed E-state index contributed by atoms with van der Waals surface area (Å²) in [5.41, 5.74) is -0.0567. The van der Waals surface area contributed by atoms with Crippen molar-refractivity contribution in [3.63, 3.8) is 0 Å². The van der Waals surface area contributed by atoms with E-state index in [1.165, 1.54) is 19.1 Å². The minimum Gasteiger partial charge on any atom is -0.491 e. The molecular weight excluding hydrogens is 356 g/mol. The number of carbonyl (C=O) groups is 1. The number of rotatable bonds is 5. The Labute approximate surface area is 165 Å². The summed E-state index contributed by atoms with van der Waals surface area (Å²) < 4.78 is 17.6. The first-order valence-electron chi connectivity index (χ1n) is 10.1. The fourth-order valence-corrected chi connectivity index (χ4v) is 4.15. The highest BCUT2D eigenvalue weighted by Crippen LogP contribution is 2.33. The van der Waals surface area contributed by atoms with E-state index in [0.29, 0.717) is 37.2 Å². The van der Waals surface area contributed by atoms with Crippen LogP contribution in [0.4, 0.5) is 0 Å². The number of para-hydroxylation sites is 1. The molecule has 1 aliphatic carbocycles. The van der Waals surface area contributed by atoms with Gasteiger partial charge in [-0.1, -0.05) is 31.0 Å². The second-order valence-electron chi connectivity index (χ2n) is 8.36. The molecule has 0 radical (unpaired) electrons. The van der Waals surface area contributed by atoms with Crippen molar-refractivity contribution in [3.05, 3.63) is 48.2 Å². The van der Waals surface area contributed by atoms with Crippen LogP contribution >= 0.6 is 0 Å². The van der Waals surface area contributed by atoms with Gasteiger partial charge in [0.1, 0.15) is 24.7 Å². The van der Waals surface area contributed by atoms with Crippen LogP contribution < -0.4 is 4.74 Å². The van der Waals surface area contributed by atoms with Gasteiger partial charge in [-0.3, -0.25) is 4.79 Å². The number of amides is 1. The highest BCUT2D eigenvalue weighted by atomic mass is 16.5. The molecule has 6 nitrogen and oxygen atoms in total. The fourth-order valence-electron chi connectivity index (χ4n) is 4.15. The van der Waals surface area contributed by atoms with Gasteiger partial charge in [0.25, 0.3) is 5.91 Å². The maximum absolute atomic E-state index is 13.0. The van der Waals surface area contributed by atoms with Crippen molar-refractivity contribution in [2.75, 3.05) is 19.7 Å². The van der Waals surface area contributed by atoms with E-state index in [1.54, 1.807) is 4.90 Å². The average Bonchev–Trinajstić information content (AvgIpc) is 3.37. The number of carbonyl (C=O) groups excluding carboxylic acids is 1. The SMILES string of the molecule is CC1(C)CN(C(=O)c2coc(C3CCCC3)n2)CC(COc2ccccc2)O1. The first-order chi connectivity index (χ1) is 13.5. The van der Waals surface area contributed by atoms with Crippen LogP contribution in [0.5, 0.6) is 5.75 Å². The zero-order chi connectivity index (χ0) is 19.6. The van der Waals surface area contributed by atoms with Crippen molar-refractivity contribution in [2.24, 2.45) is 0 Å². The normalized spacial score (nSPS) is 22.4. The van der Waals surface area contributed by atoms with Crippen LogP contribution in [-0.2, 0) is 4.74 Å². The molecule has 2 aromatic rings. The number of hydrogen-bond donors (Lipinski definition) is 0. The van der Waals surface area contributed by atoms with E-state index >= 15 is 0 Å². The third-order valence-electron chi connectivity index (χ3n) is 5.39. The minimum absolute atomic E-state index is 0.103. The smallest absolute Gasteiger partial charge is 0.276 e. The van der Waals surface area contributed by atoms with Gasteiger partial charge in [-0.05, 0) is 38.8 Å². The van der Waals surface area contributed by atoms with Gasteiger partial charge in [0.2, 0.25) is 0 Å². The molecule has 150 valence electrons. The standard InChI is InChI=1S/C22H28N2O4/c1-22(2)15-24(12-18(28-22)13-26-17-10-4-3-5-11-17)21(25)19-14-27-20(23-19)16-8-6-7-9-16/h3-5,10-11,14,16,18H,6-9,12-13,15H2,1-2H3. The van der Waals surface area contributed by atoms with Crippen molar-refractivity contribution < 1.29 is 18.7 Å². The summed E-state index contributed by atoms with van der Waals surface area (Å²) >= 11 is 0. The van der Waals surface area contributed by atoms with E-state index in [0.717, 1.165) is 18.6 Å². The Kier molecular flexibility index (Phi) is 5.40. The summed E-state index contributed by atoms with van der Waals surface area (Å²) in [6.07, 6.45) is 5.91. The quantitative estimate of drug-likeness (QED) is 0.779. The van der Waals surface area contributed by atoms with Crippen molar-refractivity contribution in [2.45, 2.75) is 57.2 Å². The van der Waals surface area contributed by atoms with Gasteiger partial charge in [0, 0.05) is 12.5 Å². The molecule has 6 heteroatoms. The largest absolute Gasteiger partial charge is 0.491 e. The van der Waals surface area contributed by atoms with Crippen molar-refractivity contribution in [3.8, 4) is 5.75 Å². The van der Waals surface area contributed by atoms with Gasteiger partial charge in [0.05, 0.1) is 12.1 Å². The fraction of sp³-hybridized carbons (Fsp3) is 0.545. The Bertz CT molecular complexity index is 796. The van der Waals surface area contributed by atoms with E-state index < -0.39 is 5.60 Å². The molecule has 1 saturated carbocycles. The number of morpholine rings is 1. The van der Waals surface area contributed by atoms with Crippen LogP contribution in [0.25, 0.3) is 0 Å². The molecular formula is C22H28N2O4. The summed E-state index contributed by atoms with van der Waals surface area (Å²) in [5, 5.41) is 0. The lowest BCUT2D eigenvalue weighted by Gasteiger charge is -2.42. The van der Waals surface area contributed by atoms with Gasteiger partial charge in [-0.25, -0.2) is 4.98 Å². The molecule has 0 spiro atoms. The van der Waals surface area contributed by atoms with E-state index in [-0.39, 0.29) is 12.0 Å². The Morgan fingerprint density at radius 3 is 2.75 bits per heavy atom. The first kappa shape index (κ1) is 19.0. The molecule has 1 atom stereocenters. The molecule has 2 fully saturated rings. The zero-order valence-corrected chi connectivity index (χ0v) is 16.6. The summed E-state index contributed by atoms with van der Waals surface area (Å²) in [7, 11) is 0. The predicted octanol–water partition coefficient (Wildman–Crippen LogP) is 4.03. The van der Waals surface area contributed by atoms with Crippen molar-refractivity contribution >= 4 is 5.91 Å². The van der Waals surface area contributed by atoms with Gasteiger partial charge >= 0.3 is 0 Å². The Hall–Kier alpha value is -2.34. The Balaban J connectivity index is 1.41. The lowest BCUT2D eigenvalue weighted by molar-refractivity contribution is -0.136. The number of aromatic nitrogens is 1. The molecule has 0 bridgehead atoms. The number of ether oxygens (including phenoxy) is 2. The third kappa shape index (κ3) is 4.38. The van der Waals surface area contributed by atoms with Crippen LogP contribution in [0, 0.1) is 0 Å². The average molecular weight is 384 g/mol. The van der Waals surface area contributed by atoms with Crippen LogP contribution in [0.2, 0.25) is 0 Å². The van der Waals surface area contributed by atoms with Gasteiger partial charge in [0.15, 0.2) is 11.6 Å². The minimum atomic E-state index is -0.448. The second kappa shape index (κ2) is 7.95.